The fourth-order valence-corrected chi connectivity index (χ4v) is 2.87. The molecule has 0 fully saturated rings. The third-order valence-electron chi connectivity index (χ3n) is 2.07. The lowest BCUT2D eigenvalue weighted by molar-refractivity contribution is 0.853. The van der Waals surface area contributed by atoms with Crippen molar-refractivity contribution in [3.63, 3.8) is 0 Å². The maximum Gasteiger partial charge on any atom is 0.132 e. The van der Waals surface area contributed by atoms with Gasteiger partial charge in [-0.25, -0.2) is 4.40 Å². The summed E-state index contributed by atoms with van der Waals surface area (Å²) < 4.78 is 4.03. The summed E-state index contributed by atoms with van der Waals surface area (Å²) in [5.74, 6) is 0. The molecule has 2 rings (SSSR count). The Morgan fingerprint density at radius 3 is 2.57 bits per heavy atom. The molecule has 0 radical (unpaired) electrons. The van der Waals surface area contributed by atoms with Crippen LogP contribution in [0.2, 0.25) is 5.02 Å². The van der Waals surface area contributed by atoms with Gasteiger partial charge in [-0.15, -0.1) is 0 Å². The molecule has 2 unspecified atom stereocenters. The van der Waals surface area contributed by atoms with E-state index >= 15 is 0 Å². The van der Waals surface area contributed by atoms with Crippen molar-refractivity contribution in [3.8, 4) is 0 Å². The zero-order valence-corrected chi connectivity index (χ0v) is 9.48. The number of hydrogen-bond acceptors (Lipinski definition) is 3. The molecule has 1 aliphatic heterocycles. The third-order valence-corrected chi connectivity index (χ3v) is 3.92. The van der Waals surface area contributed by atoms with Crippen molar-refractivity contribution in [1.29, 1.82) is 0 Å². The van der Waals surface area contributed by atoms with Crippen LogP contribution in [0.3, 0.4) is 0 Å². The predicted octanol–water partition coefficient (Wildman–Crippen LogP) is 3.01. The molecular formula is C9H8Cl2N2S. The molecule has 1 aromatic carbocycles. The van der Waals surface area contributed by atoms with E-state index in [1.54, 1.807) is 0 Å². The van der Waals surface area contributed by atoms with Gasteiger partial charge in [0.15, 0.2) is 0 Å². The number of hydrogen-bond donors (Lipinski definition) is 1. The summed E-state index contributed by atoms with van der Waals surface area (Å²) in [5, 5.41) is 1.21. The van der Waals surface area contributed by atoms with Crippen LogP contribution in [0.25, 0.3) is 0 Å². The summed E-state index contributed by atoms with van der Waals surface area (Å²) in [5.41, 5.74) is 6.87. The van der Waals surface area contributed by atoms with Crippen molar-refractivity contribution >= 4 is 40.3 Å². The minimum atomic E-state index is -0.249. The summed E-state index contributed by atoms with van der Waals surface area (Å²) >= 11 is 13.2. The fraction of sp³-hybridized carbons (Fsp3) is 0.222. The molecule has 1 aliphatic rings. The van der Waals surface area contributed by atoms with Gasteiger partial charge in [0.2, 0.25) is 0 Å². The lowest BCUT2D eigenvalue weighted by Gasteiger charge is -2.14. The van der Waals surface area contributed by atoms with Gasteiger partial charge >= 0.3 is 0 Å². The second-order valence-electron chi connectivity index (χ2n) is 2.99. The highest BCUT2D eigenvalue weighted by Gasteiger charge is 2.30. The molecule has 14 heavy (non-hydrogen) atoms. The number of halogens is 2. The van der Waals surface area contributed by atoms with Gasteiger partial charge in [-0.3, -0.25) is 0 Å². The van der Waals surface area contributed by atoms with Crippen LogP contribution in [-0.4, -0.2) is 11.2 Å². The quantitative estimate of drug-likeness (QED) is 0.774. The maximum absolute atomic E-state index is 6.05. The summed E-state index contributed by atoms with van der Waals surface area (Å²) in [6.45, 7) is 0. The van der Waals surface area contributed by atoms with E-state index in [9.17, 15) is 0 Å². The molecule has 5 heteroatoms. The van der Waals surface area contributed by atoms with E-state index in [-0.39, 0.29) is 11.3 Å². The van der Waals surface area contributed by atoms with Crippen molar-refractivity contribution in [3.05, 3.63) is 34.9 Å². The first-order valence-corrected chi connectivity index (χ1v) is 5.68. The van der Waals surface area contributed by atoms with Crippen LogP contribution in [0.4, 0.5) is 0 Å². The minimum Gasteiger partial charge on any atom is -0.321 e. The van der Waals surface area contributed by atoms with Crippen molar-refractivity contribution in [2.24, 2.45) is 10.1 Å². The molecule has 1 aromatic rings. The van der Waals surface area contributed by atoms with Crippen LogP contribution in [-0.2, 0) is 0 Å². The molecule has 1 heterocycles. The topological polar surface area (TPSA) is 38.4 Å². The Kier molecular flexibility index (Phi) is 3.02. The first kappa shape index (κ1) is 10.3. The van der Waals surface area contributed by atoms with Gasteiger partial charge in [0.05, 0.1) is 11.3 Å². The first-order chi connectivity index (χ1) is 6.70. The van der Waals surface area contributed by atoms with Gasteiger partial charge in [-0.2, -0.15) is 0 Å². The smallest absolute Gasteiger partial charge is 0.132 e. The van der Waals surface area contributed by atoms with Crippen LogP contribution in [0.5, 0.6) is 0 Å². The van der Waals surface area contributed by atoms with Crippen LogP contribution >= 0.6 is 35.1 Å². The molecule has 0 spiro atoms. The highest BCUT2D eigenvalue weighted by molar-refractivity contribution is 7.99. The second-order valence-corrected chi connectivity index (χ2v) is 4.68. The lowest BCUT2D eigenvalue weighted by Crippen LogP contribution is -2.28. The van der Waals surface area contributed by atoms with Crippen molar-refractivity contribution < 1.29 is 0 Å². The third kappa shape index (κ3) is 1.77. The van der Waals surface area contributed by atoms with Gasteiger partial charge in [0, 0.05) is 5.02 Å². The predicted molar refractivity (Wildman–Crippen MR) is 63.0 cm³/mol. The first-order valence-electron chi connectivity index (χ1n) is 4.09. The van der Waals surface area contributed by atoms with Crippen molar-refractivity contribution in [2.75, 3.05) is 0 Å². The van der Waals surface area contributed by atoms with E-state index in [4.69, 9.17) is 28.9 Å². The Morgan fingerprint density at radius 2 is 2.00 bits per heavy atom. The zero-order valence-electron chi connectivity index (χ0n) is 7.15. The molecule has 2 atom stereocenters. The van der Waals surface area contributed by atoms with Crippen LogP contribution in [0.1, 0.15) is 10.8 Å². The van der Waals surface area contributed by atoms with Gasteiger partial charge in [-0.05, 0) is 23.6 Å². The van der Waals surface area contributed by atoms with E-state index in [0.717, 1.165) is 5.56 Å². The monoisotopic (exact) mass is 246 g/mol. The highest BCUT2D eigenvalue weighted by atomic mass is 35.5. The molecule has 0 aliphatic carbocycles. The molecule has 0 amide bonds. The van der Waals surface area contributed by atoms with Crippen LogP contribution in [0, 0.1) is 0 Å². The fourth-order valence-electron chi connectivity index (χ4n) is 1.31. The Balaban J connectivity index is 2.30. The summed E-state index contributed by atoms with van der Waals surface area (Å²) in [4.78, 5) is 0. The van der Waals surface area contributed by atoms with Crippen molar-refractivity contribution in [2.45, 2.75) is 11.3 Å². The Hall–Kier alpha value is -0.220. The molecule has 0 aromatic heterocycles. The lowest BCUT2D eigenvalue weighted by atomic mass is 10.1. The Labute approximate surface area is 96.6 Å². The number of rotatable bonds is 1. The van der Waals surface area contributed by atoms with Crippen LogP contribution < -0.4 is 5.73 Å². The van der Waals surface area contributed by atoms with Gasteiger partial charge in [0.25, 0.3) is 0 Å². The summed E-state index contributed by atoms with van der Waals surface area (Å²) in [6, 6.07) is 7.36. The molecule has 2 N–H and O–H groups in total. The number of nitrogens with zero attached hydrogens (tertiary/aromatic N) is 1. The van der Waals surface area contributed by atoms with Crippen LogP contribution in [0.15, 0.2) is 28.7 Å². The average molecular weight is 247 g/mol. The van der Waals surface area contributed by atoms with E-state index in [1.165, 1.54) is 11.9 Å². The van der Waals surface area contributed by atoms with Gasteiger partial charge < -0.3 is 5.73 Å². The Bertz CT molecular complexity index is 381. The summed E-state index contributed by atoms with van der Waals surface area (Å²) in [6.07, 6.45) is 0. The van der Waals surface area contributed by atoms with Gasteiger partial charge in [0.1, 0.15) is 5.17 Å². The highest BCUT2D eigenvalue weighted by Crippen LogP contribution is 2.41. The molecular weight excluding hydrogens is 239 g/mol. The van der Waals surface area contributed by atoms with E-state index in [2.05, 4.69) is 4.40 Å². The largest absolute Gasteiger partial charge is 0.321 e. The van der Waals surface area contributed by atoms with E-state index in [1.807, 2.05) is 24.3 Å². The Morgan fingerprint density at radius 1 is 1.29 bits per heavy atom. The maximum atomic E-state index is 6.05. The molecule has 2 nitrogen and oxygen atoms in total. The normalized spacial score (nSPS) is 26.4. The minimum absolute atomic E-state index is 0.0381. The van der Waals surface area contributed by atoms with Crippen molar-refractivity contribution in [1.82, 2.24) is 0 Å². The molecule has 74 valence electrons. The summed E-state index contributed by atoms with van der Waals surface area (Å²) in [7, 11) is 0. The average Bonchev–Trinajstić information content (AvgIpc) is 2.49. The molecule has 0 saturated heterocycles. The standard InChI is InChI=1S/C9H8Cl2N2S/c10-6-4-2-1-3-5(6)8-7(12)9(11)13-14-8/h1-4,7-8H,12H2. The van der Waals surface area contributed by atoms with E-state index in [0.29, 0.717) is 10.2 Å². The number of benzene rings is 1. The SMILES string of the molecule is NC1C(Cl)=NSC1c1ccccc1Cl. The zero-order chi connectivity index (χ0) is 10.1. The molecule has 0 saturated carbocycles. The molecule has 0 bridgehead atoms. The van der Waals surface area contributed by atoms with E-state index < -0.39 is 0 Å². The number of nitrogens with two attached hydrogens (primary N) is 1. The second kappa shape index (κ2) is 4.11. The van der Waals surface area contributed by atoms with Gasteiger partial charge in [-0.1, -0.05) is 41.4 Å².